The van der Waals surface area contributed by atoms with Gasteiger partial charge in [-0.05, 0) is 12.1 Å². The summed E-state index contributed by atoms with van der Waals surface area (Å²) in [7, 11) is 0. The van der Waals surface area contributed by atoms with Crippen LogP contribution < -0.4 is 26.9 Å². The van der Waals surface area contributed by atoms with Gasteiger partial charge in [-0.2, -0.15) is 4.98 Å². The molecule has 2 aliphatic rings. The predicted molar refractivity (Wildman–Crippen MR) is 123 cm³/mol. The second kappa shape index (κ2) is 8.19. The lowest BCUT2D eigenvalue weighted by Crippen LogP contribution is -2.49. The fraction of sp³-hybridized carbons (Fsp3) is 0.350. The molecule has 10 nitrogen and oxygen atoms in total. The second-order valence-electron chi connectivity index (χ2n) is 7.88. The Morgan fingerprint density at radius 3 is 2.62 bits per heavy atom. The summed E-state index contributed by atoms with van der Waals surface area (Å²) in [4.78, 5) is 12.9. The van der Waals surface area contributed by atoms with E-state index in [1.165, 1.54) is 6.07 Å². The summed E-state index contributed by atoms with van der Waals surface area (Å²) in [6.45, 7) is 4.14. The monoisotopic (exact) mass is 475 g/mol. The van der Waals surface area contributed by atoms with E-state index in [0.29, 0.717) is 28.2 Å². The van der Waals surface area contributed by atoms with Gasteiger partial charge < -0.3 is 20.4 Å². The van der Waals surface area contributed by atoms with Gasteiger partial charge in [0, 0.05) is 57.6 Å². The molecule has 1 unspecified atom stereocenters. The second-order valence-corrected chi connectivity index (χ2v) is 8.69. The van der Waals surface area contributed by atoms with E-state index in [1.54, 1.807) is 23.3 Å². The largest absolute Gasteiger partial charge is 0.465 e. The number of rotatable bonds is 5. The Morgan fingerprint density at radius 2 is 1.94 bits per heavy atom. The van der Waals surface area contributed by atoms with Crippen molar-refractivity contribution in [3.05, 3.63) is 58.1 Å². The van der Waals surface area contributed by atoms with Crippen LogP contribution in [0.15, 0.2) is 41.3 Å². The number of anilines is 3. The lowest BCUT2D eigenvalue weighted by Gasteiger charge is -2.38. The van der Waals surface area contributed by atoms with Crippen LogP contribution in [-0.2, 0) is 5.66 Å². The molecule has 0 bridgehead atoms. The zero-order valence-corrected chi connectivity index (χ0v) is 18.7. The third-order valence-electron chi connectivity index (χ3n) is 5.87. The van der Waals surface area contributed by atoms with E-state index in [0.717, 1.165) is 44.2 Å². The van der Waals surface area contributed by atoms with Crippen molar-refractivity contribution in [3.63, 3.8) is 0 Å². The smallest absolute Gasteiger partial charge is 0.227 e. The molecular formula is C20H23Cl2N9O. The first-order valence-corrected chi connectivity index (χ1v) is 11.0. The Morgan fingerprint density at radius 1 is 1.19 bits per heavy atom. The van der Waals surface area contributed by atoms with Crippen molar-refractivity contribution >= 4 is 40.7 Å². The molecule has 0 radical (unpaired) electrons. The molecule has 3 aromatic heterocycles. The molecule has 32 heavy (non-hydrogen) atoms. The highest BCUT2D eigenvalue weighted by Crippen LogP contribution is 2.35. The number of aromatic nitrogens is 3. The van der Waals surface area contributed by atoms with Gasteiger partial charge in [0.2, 0.25) is 5.95 Å². The molecule has 5 rings (SSSR count). The summed E-state index contributed by atoms with van der Waals surface area (Å²) < 4.78 is 7.41. The van der Waals surface area contributed by atoms with Crippen molar-refractivity contribution < 1.29 is 4.42 Å². The Bertz CT molecular complexity index is 1150. The molecule has 0 aliphatic carbocycles. The van der Waals surface area contributed by atoms with Gasteiger partial charge in [0.05, 0.1) is 22.0 Å². The summed E-state index contributed by atoms with van der Waals surface area (Å²) in [5.41, 5.74) is 9.73. The van der Waals surface area contributed by atoms with Gasteiger partial charge in [0.15, 0.2) is 16.9 Å². The SMILES string of the molecule is N=c1cc(N)n2c(n1)NC(CCN1CCN(c3c(Cl)cncc3Cl)CC1)(c1ccco1)N2. The lowest BCUT2D eigenvalue weighted by atomic mass is 10.0. The van der Waals surface area contributed by atoms with Crippen LogP contribution in [0.3, 0.4) is 0 Å². The molecule has 12 heteroatoms. The van der Waals surface area contributed by atoms with E-state index in [-0.39, 0.29) is 5.49 Å². The van der Waals surface area contributed by atoms with Gasteiger partial charge in [-0.25, -0.2) is 4.68 Å². The summed E-state index contributed by atoms with van der Waals surface area (Å²) in [5.74, 6) is 1.61. The topological polar surface area (TPSA) is 124 Å². The average Bonchev–Trinajstić information content (AvgIpc) is 3.42. The van der Waals surface area contributed by atoms with E-state index < -0.39 is 5.66 Å². The van der Waals surface area contributed by atoms with Crippen molar-refractivity contribution in [3.8, 4) is 0 Å². The van der Waals surface area contributed by atoms with Crippen LogP contribution in [0.4, 0.5) is 17.5 Å². The maximum Gasteiger partial charge on any atom is 0.227 e. The quantitative estimate of drug-likeness (QED) is 0.442. The summed E-state index contributed by atoms with van der Waals surface area (Å²) >= 11 is 12.7. The van der Waals surface area contributed by atoms with E-state index >= 15 is 0 Å². The number of nitrogens with zero attached hydrogens (tertiary/aromatic N) is 5. The number of hydrogen-bond donors (Lipinski definition) is 4. The molecule has 3 aromatic rings. The minimum atomic E-state index is -0.722. The Balaban J connectivity index is 1.29. The van der Waals surface area contributed by atoms with E-state index in [1.807, 2.05) is 12.1 Å². The first kappa shape index (κ1) is 20.9. The minimum Gasteiger partial charge on any atom is -0.465 e. The number of furan rings is 1. The van der Waals surface area contributed by atoms with Crippen molar-refractivity contribution in [2.24, 2.45) is 0 Å². The van der Waals surface area contributed by atoms with Crippen LogP contribution in [0, 0.1) is 5.41 Å². The number of piperazine rings is 1. The lowest BCUT2D eigenvalue weighted by molar-refractivity contribution is 0.229. The molecule has 5 heterocycles. The summed E-state index contributed by atoms with van der Waals surface area (Å²) in [6, 6.07) is 5.27. The standard InChI is InChI=1S/C20H23Cl2N9O/c21-13-11-25-12-14(22)18(13)30-7-5-29(6-8-30)4-3-20(15-2-1-9-32-15)27-19-26-16(23)10-17(24)31(19)28-20/h1-2,9-12,28H,3-8,24H2,(H2,23,26,27). The third-order valence-corrected chi connectivity index (χ3v) is 6.42. The number of halogens is 2. The maximum absolute atomic E-state index is 7.86. The highest BCUT2D eigenvalue weighted by molar-refractivity contribution is 6.38. The number of fused-ring (bicyclic) bond motifs is 1. The molecule has 1 saturated heterocycles. The van der Waals surface area contributed by atoms with Crippen LogP contribution in [-0.4, -0.2) is 52.3 Å². The van der Waals surface area contributed by atoms with Crippen LogP contribution in [0.25, 0.3) is 0 Å². The fourth-order valence-corrected chi connectivity index (χ4v) is 4.85. The van der Waals surface area contributed by atoms with Crippen LogP contribution >= 0.6 is 23.2 Å². The van der Waals surface area contributed by atoms with Gasteiger partial charge in [-0.15, -0.1) is 0 Å². The molecule has 2 aliphatic heterocycles. The number of hydrogen-bond acceptors (Lipinski definition) is 9. The molecule has 168 valence electrons. The van der Waals surface area contributed by atoms with E-state index in [2.05, 4.69) is 30.5 Å². The first-order chi connectivity index (χ1) is 15.4. The zero-order chi connectivity index (χ0) is 22.3. The third kappa shape index (κ3) is 3.74. The molecule has 5 N–H and O–H groups in total. The van der Waals surface area contributed by atoms with Crippen LogP contribution in [0.1, 0.15) is 12.2 Å². The molecule has 0 spiro atoms. The van der Waals surface area contributed by atoms with Crippen molar-refractivity contribution in [2.45, 2.75) is 12.1 Å². The van der Waals surface area contributed by atoms with Gasteiger partial charge in [-0.3, -0.25) is 20.7 Å². The molecule has 0 aromatic carbocycles. The van der Waals surface area contributed by atoms with E-state index in [9.17, 15) is 0 Å². The Kier molecular flexibility index (Phi) is 5.36. The van der Waals surface area contributed by atoms with Gasteiger partial charge in [-0.1, -0.05) is 23.2 Å². The average molecular weight is 476 g/mol. The highest BCUT2D eigenvalue weighted by Gasteiger charge is 2.42. The molecule has 1 atom stereocenters. The molecular weight excluding hydrogens is 453 g/mol. The minimum absolute atomic E-state index is 0.0999. The summed E-state index contributed by atoms with van der Waals surface area (Å²) in [6.07, 6.45) is 5.57. The normalized spacial score (nSPS) is 20.6. The van der Waals surface area contributed by atoms with Crippen molar-refractivity contribution in [1.82, 2.24) is 19.5 Å². The number of nitrogens with one attached hydrogen (secondary N) is 3. The molecule has 0 saturated carbocycles. The van der Waals surface area contributed by atoms with Crippen LogP contribution in [0.2, 0.25) is 10.0 Å². The van der Waals surface area contributed by atoms with Crippen molar-refractivity contribution in [2.75, 3.05) is 54.1 Å². The number of pyridine rings is 1. The highest BCUT2D eigenvalue weighted by atomic mass is 35.5. The molecule has 0 amide bonds. The Hall–Kier alpha value is -2.95. The predicted octanol–water partition coefficient (Wildman–Crippen LogP) is 2.27. The van der Waals surface area contributed by atoms with Gasteiger partial charge >= 0.3 is 0 Å². The maximum atomic E-state index is 7.86. The summed E-state index contributed by atoms with van der Waals surface area (Å²) in [5, 5.41) is 12.4. The van der Waals surface area contributed by atoms with Crippen molar-refractivity contribution in [1.29, 1.82) is 5.41 Å². The fourth-order valence-electron chi connectivity index (χ4n) is 4.24. The van der Waals surface area contributed by atoms with E-state index in [4.69, 9.17) is 38.8 Å². The van der Waals surface area contributed by atoms with Gasteiger partial charge in [0.25, 0.3) is 0 Å². The number of nitrogens with two attached hydrogens (primary N) is 1. The zero-order valence-electron chi connectivity index (χ0n) is 17.2. The number of nitrogen functional groups attached to an aromatic ring is 1. The molecule has 1 fully saturated rings. The van der Waals surface area contributed by atoms with Gasteiger partial charge in [0.1, 0.15) is 5.82 Å². The Labute approximate surface area is 194 Å². The van der Waals surface area contributed by atoms with Crippen LogP contribution in [0.5, 0.6) is 0 Å². The first-order valence-electron chi connectivity index (χ1n) is 10.3.